The van der Waals surface area contributed by atoms with Gasteiger partial charge in [0.1, 0.15) is 18.0 Å². The van der Waals surface area contributed by atoms with Crippen LogP contribution in [0.3, 0.4) is 0 Å². The van der Waals surface area contributed by atoms with Gasteiger partial charge in [0.2, 0.25) is 0 Å². The fourth-order valence-corrected chi connectivity index (χ4v) is 3.94. The van der Waals surface area contributed by atoms with E-state index in [-0.39, 0.29) is 11.5 Å². The van der Waals surface area contributed by atoms with Crippen molar-refractivity contribution in [3.63, 3.8) is 0 Å². The second-order valence-electron chi connectivity index (χ2n) is 4.60. The number of aliphatic hydroxyl groups is 1. The first-order chi connectivity index (χ1) is 8.91. The van der Waals surface area contributed by atoms with Gasteiger partial charge in [0.25, 0.3) is 0 Å². The quantitative estimate of drug-likeness (QED) is 0.852. The minimum absolute atomic E-state index is 0.178. The Labute approximate surface area is 117 Å². The first-order valence-electron chi connectivity index (χ1n) is 5.89. The van der Waals surface area contributed by atoms with Gasteiger partial charge in [0.05, 0.1) is 16.5 Å². The lowest BCUT2D eigenvalue weighted by molar-refractivity contribution is 0.0738. The van der Waals surface area contributed by atoms with Crippen LogP contribution in [-0.4, -0.2) is 44.3 Å². The summed E-state index contributed by atoms with van der Waals surface area (Å²) in [7, 11) is -1.39. The lowest BCUT2D eigenvalue weighted by Gasteiger charge is -2.17. The smallest absolute Gasteiger partial charge is 0.156 e. The lowest BCUT2D eigenvalue weighted by Crippen LogP contribution is -2.29. The van der Waals surface area contributed by atoms with Gasteiger partial charge in [0, 0.05) is 6.54 Å². The Morgan fingerprint density at radius 2 is 2.21 bits per heavy atom. The van der Waals surface area contributed by atoms with Crippen LogP contribution in [-0.2, 0) is 16.4 Å². The molecule has 2 rings (SSSR count). The molecular weight excluding hydrogens is 290 g/mol. The van der Waals surface area contributed by atoms with Crippen LogP contribution in [0.25, 0.3) is 0 Å². The molecule has 1 fully saturated rings. The predicted molar refractivity (Wildman–Crippen MR) is 73.3 cm³/mol. The lowest BCUT2D eigenvalue weighted by atomic mass is 10.2. The van der Waals surface area contributed by atoms with Crippen molar-refractivity contribution >= 4 is 21.4 Å². The molecule has 0 saturated carbocycles. The molecule has 5 nitrogen and oxygen atoms in total. The molecular formula is C12H16ClNO4S. The molecule has 19 heavy (non-hydrogen) atoms. The Kier molecular flexibility index (Phi) is 4.35. The maximum atomic E-state index is 11.4. The van der Waals surface area contributed by atoms with Crippen LogP contribution in [0.4, 0.5) is 0 Å². The van der Waals surface area contributed by atoms with E-state index in [0.717, 1.165) is 5.56 Å². The minimum Gasteiger partial charge on any atom is -0.485 e. The maximum Gasteiger partial charge on any atom is 0.156 e. The van der Waals surface area contributed by atoms with Crippen molar-refractivity contribution in [3.8, 4) is 5.75 Å². The molecule has 106 valence electrons. The fraction of sp³-hybridized carbons (Fsp3) is 0.500. The number of ether oxygens (including phenoxy) is 1. The molecule has 2 N–H and O–H groups in total. The molecule has 0 aliphatic carbocycles. The third kappa shape index (κ3) is 3.60. The topological polar surface area (TPSA) is 75.6 Å². The fourth-order valence-electron chi connectivity index (χ4n) is 2.03. The van der Waals surface area contributed by atoms with Crippen LogP contribution in [0.1, 0.15) is 5.56 Å². The second kappa shape index (κ2) is 5.66. The van der Waals surface area contributed by atoms with Crippen molar-refractivity contribution in [3.05, 3.63) is 28.8 Å². The molecule has 0 spiro atoms. The van der Waals surface area contributed by atoms with E-state index >= 15 is 0 Å². The van der Waals surface area contributed by atoms with Crippen molar-refractivity contribution in [2.45, 2.75) is 18.8 Å². The zero-order valence-electron chi connectivity index (χ0n) is 10.5. The summed E-state index contributed by atoms with van der Waals surface area (Å²) in [5.74, 6) is -0.0433. The summed E-state index contributed by atoms with van der Waals surface area (Å²) in [5.41, 5.74) is 0.999. The molecule has 0 amide bonds. The number of hydrogen-bond donors (Lipinski definition) is 2. The van der Waals surface area contributed by atoms with Gasteiger partial charge < -0.3 is 15.2 Å². The zero-order valence-corrected chi connectivity index (χ0v) is 12.0. The van der Waals surface area contributed by atoms with Crippen molar-refractivity contribution in [2.24, 2.45) is 0 Å². The molecule has 1 saturated heterocycles. The van der Waals surface area contributed by atoms with Crippen molar-refractivity contribution in [1.82, 2.24) is 5.32 Å². The first-order valence-corrected chi connectivity index (χ1v) is 8.09. The van der Waals surface area contributed by atoms with E-state index in [0.29, 0.717) is 17.3 Å². The van der Waals surface area contributed by atoms with Gasteiger partial charge in [0.15, 0.2) is 9.84 Å². The van der Waals surface area contributed by atoms with Crippen molar-refractivity contribution in [1.29, 1.82) is 0 Å². The monoisotopic (exact) mass is 305 g/mol. The average molecular weight is 306 g/mol. The van der Waals surface area contributed by atoms with E-state index in [1.807, 2.05) is 13.1 Å². The molecule has 1 aliphatic heterocycles. The summed E-state index contributed by atoms with van der Waals surface area (Å²) in [5, 5.41) is 13.1. The Hall–Kier alpha value is -0.820. The van der Waals surface area contributed by atoms with E-state index in [2.05, 4.69) is 5.32 Å². The Morgan fingerprint density at radius 1 is 1.47 bits per heavy atom. The molecule has 2 atom stereocenters. The highest BCUT2D eigenvalue weighted by molar-refractivity contribution is 7.91. The Bertz CT molecular complexity index is 561. The summed E-state index contributed by atoms with van der Waals surface area (Å²) < 4.78 is 28.3. The van der Waals surface area contributed by atoms with Gasteiger partial charge in [-0.15, -0.1) is 0 Å². The van der Waals surface area contributed by atoms with Crippen LogP contribution in [0.5, 0.6) is 5.75 Å². The number of hydrogen-bond acceptors (Lipinski definition) is 5. The van der Waals surface area contributed by atoms with Crippen molar-refractivity contribution in [2.75, 3.05) is 18.6 Å². The maximum absolute atomic E-state index is 11.4. The molecule has 2 unspecified atom stereocenters. The van der Waals surface area contributed by atoms with Gasteiger partial charge in [-0.3, -0.25) is 0 Å². The highest BCUT2D eigenvalue weighted by Gasteiger charge is 2.38. The molecule has 1 heterocycles. The van der Waals surface area contributed by atoms with Gasteiger partial charge >= 0.3 is 0 Å². The van der Waals surface area contributed by atoms with E-state index in [4.69, 9.17) is 16.3 Å². The predicted octanol–water partition coefficient (Wildman–Crippen LogP) is 0.596. The average Bonchev–Trinajstić information content (AvgIpc) is 2.56. The molecule has 0 aromatic heterocycles. The van der Waals surface area contributed by atoms with E-state index < -0.39 is 22.0 Å². The van der Waals surface area contributed by atoms with E-state index in [9.17, 15) is 13.5 Å². The molecule has 1 aliphatic rings. The minimum atomic E-state index is -3.22. The number of nitrogens with one attached hydrogen (secondary N) is 1. The van der Waals surface area contributed by atoms with Crippen LogP contribution < -0.4 is 10.1 Å². The molecule has 0 radical (unpaired) electrons. The van der Waals surface area contributed by atoms with E-state index in [1.165, 1.54) is 0 Å². The number of rotatable bonds is 4. The number of aliphatic hydroxyl groups excluding tert-OH is 1. The number of benzene rings is 1. The zero-order chi connectivity index (χ0) is 14.0. The normalized spacial score (nSPS) is 25.4. The molecule has 7 heteroatoms. The van der Waals surface area contributed by atoms with E-state index in [1.54, 1.807) is 12.1 Å². The largest absolute Gasteiger partial charge is 0.485 e. The third-order valence-electron chi connectivity index (χ3n) is 2.93. The van der Waals surface area contributed by atoms with Crippen LogP contribution in [0.15, 0.2) is 18.2 Å². The summed E-state index contributed by atoms with van der Waals surface area (Å²) in [6.07, 6.45) is -1.75. The van der Waals surface area contributed by atoms with Gasteiger partial charge in [-0.05, 0) is 24.7 Å². The summed E-state index contributed by atoms with van der Waals surface area (Å²) in [6.45, 7) is 0.681. The standard InChI is InChI=1S/C12H16ClNO4S/c1-14-5-8-2-3-11(9(13)4-8)18-12-7-19(16,17)6-10(12)15/h2-4,10,12,14-15H,5-7H2,1H3. The van der Waals surface area contributed by atoms with Gasteiger partial charge in [-0.1, -0.05) is 17.7 Å². The highest BCUT2D eigenvalue weighted by atomic mass is 35.5. The molecule has 1 aromatic rings. The SMILES string of the molecule is CNCc1ccc(OC2CS(=O)(=O)CC2O)c(Cl)c1. The van der Waals surface area contributed by atoms with Gasteiger partial charge in [-0.25, -0.2) is 8.42 Å². The highest BCUT2D eigenvalue weighted by Crippen LogP contribution is 2.28. The van der Waals surface area contributed by atoms with Crippen LogP contribution in [0.2, 0.25) is 5.02 Å². The Morgan fingerprint density at radius 3 is 2.74 bits per heavy atom. The number of sulfone groups is 1. The summed E-state index contributed by atoms with van der Waals surface area (Å²) in [4.78, 5) is 0. The van der Waals surface area contributed by atoms with Crippen molar-refractivity contribution < 1.29 is 18.3 Å². The molecule has 0 bridgehead atoms. The first kappa shape index (κ1) is 14.6. The van der Waals surface area contributed by atoms with Gasteiger partial charge in [-0.2, -0.15) is 0 Å². The number of halogens is 1. The second-order valence-corrected chi connectivity index (χ2v) is 7.16. The Balaban J connectivity index is 2.11. The van der Waals surface area contributed by atoms with Crippen LogP contribution in [0, 0.1) is 0 Å². The van der Waals surface area contributed by atoms with Crippen LogP contribution >= 0.6 is 11.6 Å². The summed E-state index contributed by atoms with van der Waals surface area (Å²) >= 11 is 6.08. The summed E-state index contributed by atoms with van der Waals surface area (Å²) in [6, 6.07) is 5.28. The third-order valence-corrected chi connectivity index (χ3v) is 4.91. The molecule has 1 aromatic carbocycles.